The fourth-order valence-corrected chi connectivity index (χ4v) is 1.71. The third-order valence-electron chi connectivity index (χ3n) is 2.56. The molecule has 0 bridgehead atoms. The van der Waals surface area contributed by atoms with Crippen LogP contribution in [0.3, 0.4) is 0 Å². The van der Waals surface area contributed by atoms with Crippen molar-refractivity contribution in [3.63, 3.8) is 0 Å². The molecule has 0 spiro atoms. The van der Waals surface area contributed by atoms with E-state index in [0.717, 1.165) is 0 Å². The van der Waals surface area contributed by atoms with Crippen molar-refractivity contribution in [2.45, 2.75) is 26.0 Å². The summed E-state index contributed by atoms with van der Waals surface area (Å²) in [4.78, 5) is 4.08. The Kier molecular flexibility index (Phi) is 4.69. The number of ether oxygens (including phenoxy) is 1. The summed E-state index contributed by atoms with van der Waals surface area (Å²) in [5, 5.41) is 3.74. The highest BCUT2D eigenvalue weighted by Crippen LogP contribution is 2.26. The first kappa shape index (κ1) is 14.9. The van der Waals surface area contributed by atoms with Gasteiger partial charge in [-0.3, -0.25) is 0 Å². The smallest absolute Gasteiger partial charge is 0.261 e. The lowest BCUT2D eigenvalue weighted by Crippen LogP contribution is -2.20. The Morgan fingerprint density at radius 2 is 2.20 bits per heavy atom. The van der Waals surface area contributed by atoms with E-state index in [1.807, 2.05) is 13.8 Å². The van der Waals surface area contributed by atoms with Crippen LogP contribution in [0.4, 0.5) is 4.39 Å². The number of hydrogen-bond donors (Lipinski definition) is 1. The molecule has 0 fully saturated rings. The standard InChI is InChI=1S/C13H15ClFN3O2/c1-7(2)19-6-10(16)12-17-13(20-18-12)8-4-3-5-9(14)11(8)15/h3-5,7,10H,6,16H2,1-2H3. The molecule has 2 aromatic rings. The summed E-state index contributed by atoms with van der Waals surface area (Å²) in [7, 11) is 0. The van der Waals surface area contributed by atoms with Gasteiger partial charge in [0.25, 0.3) is 5.89 Å². The first-order chi connectivity index (χ1) is 9.49. The van der Waals surface area contributed by atoms with Gasteiger partial charge in [0.05, 0.1) is 29.3 Å². The zero-order chi connectivity index (χ0) is 14.7. The number of hydrogen-bond acceptors (Lipinski definition) is 5. The van der Waals surface area contributed by atoms with E-state index in [0.29, 0.717) is 0 Å². The van der Waals surface area contributed by atoms with Crippen LogP contribution < -0.4 is 5.73 Å². The average molecular weight is 300 g/mol. The zero-order valence-corrected chi connectivity index (χ0v) is 11.9. The van der Waals surface area contributed by atoms with Gasteiger partial charge in [0.2, 0.25) is 0 Å². The Hall–Kier alpha value is -1.50. The van der Waals surface area contributed by atoms with Crippen LogP contribution in [0.5, 0.6) is 0 Å². The average Bonchev–Trinajstić information content (AvgIpc) is 2.88. The Morgan fingerprint density at radius 1 is 1.45 bits per heavy atom. The first-order valence-electron chi connectivity index (χ1n) is 6.14. The number of nitrogens with zero attached hydrogens (tertiary/aromatic N) is 2. The summed E-state index contributed by atoms with van der Waals surface area (Å²) in [5.74, 6) is -0.295. The molecule has 0 aliphatic heterocycles. The second kappa shape index (κ2) is 6.30. The number of benzene rings is 1. The molecule has 2 rings (SSSR count). The van der Waals surface area contributed by atoms with Gasteiger partial charge in [-0.05, 0) is 26.0 Å². The number of halogens is 2. The van der Waals surface area contributed by atoms with Crippen LogP contribution in [0.25, 0.3) is 11.5 Å². The van der Waals surface area contributed by atoms with Crippen molar-refractivity contribution < 1.29 is 13.7 Å². The van der Waals surface area contributed by atoms with Crippen LogP contribution >= 0.6 is 11.6 Å². The van der Waals surface area contributed by atoms with E-state index < -0.39 is 11.9 Å². The summed E-state index contributed by atoms with van der Waals surface area (Å²) >= 11 is 5.71. The molecule has 1 unspecified atom stereocenters. The van der Waals surface area contributed by atoms with Crippen LogP contribution in [0.15, 0.2) is 22.7 Å². The lowest BCUT2D eigenvalue weighted by molar-refractivity contribution is 0.0665. The normalized spacial score (nSPS) is 12.9. The Labute approximate surface area is 120 Å². The summed E-state index contributed by atoms with van der Waals surface area (Å²) in [6.07, 6.45) is 0.0535. The molecule has 0 radical (unpaired) electrons. The minimum absolute atomic E-state index is 0.00492. The van der Waals surface area contributed by atoms with Crippen molar-refractivity contribution in [2.75, 3.05) is 6.61 Å². The molecule has 0 saturated heterocycles. The highest BCUT2D eigenvalue weighted by molar-refractivity contribution is 6.31. The maximum absolute atomic E-state index is 13.8. The lowest BCUT2D eigenvalue weighted by atomic mass is 10.2. The van der Waals surface area contributed by atoms with E-state index in [2.05, 4.69) is 10.1 Å². The maximum Gasteiger partial charge on any atom is 0.261 e. The molecule has 20 heavy (non-hydrogen) atoms. The molecule has 1 atom stereocenters. The van der Waals surface area contributed by atoms with E-state index in [4.69, 9.17) is 26.6 Å². The van der Waals surface area contributed by atoms with Gasteiger partial charge in [-0.1, -0.05) is 22.8 Å². The van der Waals surface area contributed by atoms with E-state index >= 15 is 0 Å². The Morgan fingerprint density at radius 3 is 2.90 bits per heavy atom. The van der Waals surface area contributed by atoms with Crippen LogP contribution in [0.1, 0.15) is 25.7 Å². The minimum atomic E-state index is -0.601. The molecule has 1 aromatic heterocycles. The van der Waals surface area contributed by atoms with Gasteiger partial charge in [-0.2, -0.15) is 4.98 Å². The first-order valence-corrected chi connectivity index (χ1v) is 6.52. The van der Waals surface area contributed by atoms with E-state index in [-0.39, 0.29) is 35.0 Å². The monoisotopic (exact) mass is 299 g/mol. The minimum Gasteiger partial charge on any atom is -0.377 e. The van der Waals surface area contributed by atoms with Crippen LogP contribution in [-0.2, 0) is 4.74 Å². The predicted octanol–water partition coefficient (Wildman–Crippen LogP) is 2.95. The van der Waals surface area contributed by atoms with Crippen molar-refractivity contribution in [3.05, 3.63) is 34.9 Å². The molecule has 0 aliphatic rings. The molecule has 0 amide bonds. The van der Waals surface area contributed by atoms with E-state index in [9.17, 15) is 4.39 Å². The molecular formula is C13H15ClFN3O2. The lowest BCUT2D eigenvalue weighted by Gasteiger charge is -2.10. The third-order valence-corrected chi connectivity index (χ3v) is 2.86. The third kappa shape index (κ3) is 3.33. The molecule has 7 heteroatoms. The van der Waals surface area contributed by atoms with Crippen molar-refractivity contribution in [1.29, 1.82) is 0 Å². The fraction of sp³-hybridized carbons (Fsp3) is 0.385. The molecule has 0 aliphatic carbocycles. The fourth-order valence-electron chi connectivity index (χ4n) is 1.53. The maximum atomic E-state index is 13.8. The highest BCUT2D eigenvalue weighted by Gasteiger charge is 2.19. The molecule has 0 saturated carbocycles. The van der Waals surface area contributed by atoms with Gasteiger partial charge in [0.1, 0.15) is 0 Å². The van der Waals surface area contributed by atoms with E-state index in [1.165, 1.54) is 12.1 Å². The SMILES string of the molecule is CC(C)OCC(N)c1noc(-c2cccc(Cl)c2F)n1. The van der Waals surface area contributed by atoms with Crippen molar-refractivity contribution in [1.82, 2.24) is 10.1 Å². The molecule has 1 heterocycles. The topological polar surface area (TPSA) is 74.2 Å². The molecule has 2 N–H and O–H groups in total. The zero-order valence-electron chi connectivity index (χ0n) is 11.1. The summed E-state index contributed by atoms with van der Waals surface area (Å²) < 4.78 is 24.2. The van der Waals surface area contributed by atoms with Gasteiger partial charge in [-0.15, -0.1) is 0 Å². The van der Waals surface area contributed by atoms with Gasteiger partial charge in [-0.25, -0.2) is 4.39 Å². The van der Waals surface area contributed by atoms with Gasteiger partial charge < -0.3 is 15.0 Å². The van der Waals surface area contributed by atoms with Gasteiger partial charge in [0, 0.05) is 0 Å². The number of aromatic nitrogens is 2. The van der Waals surface area contributed by atoms with E-state index in [1.54, 1.807) is 6.07 Å². The van der Waals surface area contributed by atoms with Crippen LogP contribution in [0, 0.1) is 5.82 Å². The largest absolute Gasteiger partial charge is 0.377 e. The molecule has 5 nitrogen and oxygen atoms in total. The Bertz CT molecular complexity index is 589. The van der Waals surface area contributed by atoms with Crippen molar-refractivity contribution in [3.8, 4) is 11.5 Å². The summed E-state index contributed by atoms with van der Waals surface area (Å²) in [6.45, 7) is 4.06. The predicted molar refractivity (Wildman–Crippen MR) is 72.7 cm³/mol. The highest BCUT2D eigenvalue weighted by atomic mass is 35.5. The van der Waals surface area contributed by atoms with Crippen LogP contribution in [-0.4, -0.2) is 22.9 Å². The molecule has 108 valence electrons. The molecular weight excluding hydrogens is 285 g/mol. The quantitative estimate of drug-likeness (QED) is 0.918. The van der Waals surface area contributed by atoms with Gasteiger partial charge >= 0.3 is 0 Å². The van der Waals surface area contributed by atoms with Gasteiger partial charge in [0.15, 0.2) is 11.6 Å². The van der Waals surface area contributed by atoms with Crippen molar-refractivity contribution >= 4 is 11.6 Å². The second-order valence-corrected chi connectivity index (χ2v) is 4.95. The second-order valence-electron chi connectivity index (χ2n) is 4.55. The molecule has 1 aromatic carbocycles. The Balaban J connectivity index is 2.18. The van der Waals surface area contributed by atoms with Crippen molar-refractivity contribution in [2.24, 2.45) is 5.73 Å². The number of rotatable bonds is 5. The summed E-state index contributed by atoms with van der Waals surface area (Å²) in [5.41, 5.74) is 6.02. The number of nitrogens with two attached hydrogens (primary N) is 1. The van der Waals surface area contributed by atoms with Crippen LogP contribution in [0.2, 0.25) is 5.02 Å². The summed E-state index contributed by atoms with van der Waals surface area (Å²) in [6, 6.07) is 4.03.